The lowest BCUT2D eigenvalue weighted by Crippen LogP contribution is -2.51. The van der Waals surface area contributed by atoms with Crippen LogP contribution in [0.15, 0.2) is 11.6 Å². The van der Waals surface area contributed by atoms with Crippen LogP contribution in [0.5, 0.6) is 0 Å². The van der Waals surface area contributed by atoms with Crippen molar-refractivity contribution in [1.82, 2.24) is 4.90 Å². The van der Waals surface area contributed by atoms with E-state index in [4.69, 9.17) is 16.2 Å². The second-order valence-electron chi connectivity index (χ2n) is 15.8. The second-order valence-corrected chi connectivity index (χ2v) is 15.8. The van der Waals surface area contributed by atoms with Crippen LogP contribution < -0.4 is 11.5 Å². The predicted molar refractivity (Wildman–Crippen MR) is 176 cm³/mol. The zero-order valence-electron chi connectivity index (χ0n) is 28.4. The van der Waals surface area contributed by atoms with E-state index in [9.17, 15) is 9.59 Å². The second kappa shape index (κ2) is 15.3. The predicted octanol–water partition coefficient (Wildman–Crippen LogP) is 7.25. The summed E-state index contributed by atoms with van der Waals surface area (Å²) in [5.74, 6) is 4.75. The number of hydrogen-bond donors (Lipinski definition) is 2. The number of nitrogens with zero attached hydrogens (tertiary/aromatic N) is 1. The topological polar surface area (TPSA) is 98.7 Å². The van der Waals surface area contributed by atoms with E-state index in [1.54, 1.807) is 10.5 Å². The first-order chi connectivity index (χ1) is 20.5. The summed E-state index contributed by atoms with van der Waals surface area (Å²) in [4.78, 5) is 27.4. The summed E-state index contributed by atoms with van der Waals surface area (Å²) in [6.07, 6.45) is 18.3. The van der Waals surface area contributed by atoms with Gasteiger partial charge in [0.2, 0.25) is 5.91 Å². The lowest BCUT2D eigenvalue weighted by molar-refractivity contribution is -0.153. The standard InChI is InChI=1S/C37H65N3O3/c1-26(2)9-6-10-27(3)31-13-14-32-30-12-11-28-25-29(17-19-36(28,4)33(30)18-20-37(31,32)5)43-35(42)16-15-34(41)40(23-7-21-38)24-8-22-39/h11,26-27,29-33H,6-10,12-25,38-39H2,1-5H3/t27-,29+,30+,31-,32+,33?,36+,37-/m1/s1. The fourth-order valence-corrected chi connectivity index (χ4v) is 10.3. The third-order valence-corrected chi connectivity index (χ3v) is 12.7. The van der Waals surface area contributed by atoms with Crippen molar-refractivity contribution in [2.45, 2.75) is 137 Å². The normalized spacial score (nSPS) is 34.1. The number of fused-ring (bicyclic) bond motifs is 5. The number of nitrogens with two attached hydrogens (primary N) is 2. The number of allylic oxidation sites excluding steroid dienone is 1. The van der Waals surface area contributed by atoms with Gasteiger partial charge >= 0.3 is 5.97 Å². The molecule has 1 amide bonds. The lowest BCUT2D eigenvalue weighted by atomic mass is 9.47. The van der Waals surface area contributed by atoms with Gasteiger partial charge in [0.1, 0.15) is 6.10 Å². The Hall–Kier alpha value is -1.40. The summed E-state index contributed by atoms with van der Waals surface area (Å²) in [6, 6.07) is 0. The zero-order valence-corrected chi connectivity index (χ0v) is 28.4. The molecule has 8 atom stereocenters. The van der Waals surface area contributed by atoms with E-state index in [1.165, 1.54) is 51.4 Å². The Kier molecular flexibility index (Phi) is 12.2. The van der Waals surface area contributed by atoms with E-state index < -0.39 is 0 Å². The smallest absolute Gasteiger partial charge is 0.306 e. The molecule has 4 aliphatic carbocycles. The Morgan fingerprint density at radius 1 is 0.930 bits per heavy atom. The van der Waals surface area contributed by atoms with Crippen LogP contribution in [0, 0.1) is 46.3 Å². The first-order valence-corrected chi connectivity index (χ1v) is 18.1. The van der Waals surface area contributed by atoms with Crippen LogP contribution in [-0.2, 0) is 14.3 Å². The molecule has 0 radical (unpaired) electrons. The zero-order chi connectivity index (χ0) is 31.2. The summed E-state index contributed by atoms with van der Waals surface area (Å²) >= 11 is 0. The van der Waals surface area contributed by atoms with Gasteiger partial charge in [0, 0.05) is 25.9 Å². The van der Waals surface area contributed by atoms with Crippen molar-refractivity contribution in [1.29, 1.82) is 0 Å². The Balaban J connectivity index is 1.31. The van der Waals surface area contributed by atoms with Gasteiger partial charge in [0.05, 0.1) is 6.42 Å². The molecule has 6 nitrogen and oxygen atoms in total. The van der Waals surface area contributed by atoms with Gasteiger partial charge in [-0.2, -0.15) is 0 Å². The molecule has 246 valence electrons. The average molecular weight is 600 g/mol. The first kappa shape index (κ1) is 34.5. The fraction of sp³-hybridized carbons (Fsp3) is 0.892. The van der Waals surface area contributed by atoms with Crippen molar-refractivity contribution in [3.8, 4) is 0 Å². The van der Waals surface area contributed by atoms with Crippen molar-refractivity contribution >= 4 is 11.9 Å². The van der Waals surface area contributed by atoms with E-state index in [-0.39, 0.29) is 36.2 Å². The maximum atomic E-state index is 12.8. The van der Waals surface area contributed by atoms with E-state index in [0.29, 0.717) is 31.6 Å². The largest absolute Gasteiger partial charge is 0.462 e. The summed E-state index contributed by atoms with van der Waals surface area (Å²) in [5, 5.41) is 0. The van der Waals surface area contributed by atoms with Crippen LogP contribution in [0.1, 0.15) is 131 Å². The molecule has 3 fully saturated rings. The van der Waals surface area contributed by atoms with Crippen LogP contribution in [0.3, 0.4) is 0 Å². The number of carbonyl (C=O) groups is 2. The van der Waals surface area contributed by atoms with E-state index >= 15 is 0 Å². The highest BCUT2D eigenvalue weighted by Crippen LogP contribution is 2.67. The Morgan fingerprint density at radius 3 is 2.33 bits per heavy atom. The van der Waals surface area contributed by atoms with Gasteiger partial charge in [-0.15, -0.1) is 0 Å². The molecule has 0 heterocycles. The van der Waals surface area contributed by atoms with Crippen molar-refractivity contribution in [2.24, 2.45) is 57.8 Å². The Labute approximate surface area is 263 Å². The van der Waals surface area contributed by atoms with Gasteiger partial charge in [-0.3, -0.25) is 9.59 Å². The van der Waals surface area contributed by atoms with Gasteiger partial charge < -0.3 is 21.1 Å². The van der Waals surface area contributed by atoms with Crippen LogP contribution in [0.2, 0.25) is 0 Å². The fourth-order valence-electron chi connectivity index (χ4n) is 10.3. The van der Waals surface area contributed by atoms with E-state index in [2.05, 4.69) is 40.7 Å². The number of amides is 1. The molecular formula is C37H65N3O3. The van der Waals surface area contributed by atoms with Gasteiger partial charge in [-0.05, 0) is 117 Å². The summed E-state index contributed by atoms with van der Waals surface area (Å²) in [5.41, 5.74) is 13.6. The molecule has 4 N–H and O–H groups in total. The molecule has 0 aromatic carbocycles. The van der Waals surface area contributed by atoms with Crippen molar-refractivity contribution in [3.05, 3.63) is 11.6 Å². The van der Waals surface area contributed by atoms with Crippen molar-refractivity contribution in [2.75, 3.05) is 26.2 Å². The quantitative estimate of drug-likeness (QED) is 0.153. The molecule has 0 aromatic rings. The highest BCUT2D eigenvalue weighted by atomic mass is 16.5. The average Bonchev–Trinajstić information content (AvgIpc) is 3.33. The summed E-state index contributed by atoms with van der Waals surface area (Å²) in [6.45, 7) is 14.8. The van der Waals surface area contributed by atoms with E-state index in [1.807, 2.05) is 0 Å². The van der Waals surface area contributed by atoms with Crippen LogP contribution in [0.25, 0.3) is 0 Å². The molecule has 6 heteroatoms. The van der Waals surface area contributed by atoms with Crippen LogP contribution in [-0.4, -0.2) is 49.1 Å². The molecule has 0 saturated heterocycles. The molecule has 0 spiro atoms. The number of rotatable bonds is 15. The molecule has 4 aliphatic rings. The lowest BCUT2D eigenvalue weighted by Gasteiger charge is -2.58. The van der Waals surface area contributed by atoms with Crippen LogP contribution in [0.4, 0.5) is 0 Å². The van der Waals surface area contributed by atoms with E-state index in [0.717, 1.165) is 67.6 Å². The third-order valence-electron chi connectivity index (χ3n) is 12.7. The molecule has 0 aromatic heterocycles. The van der Waals surface area contributed by atoms with Crippen molar-refractivity contribution in [3.63, 3.8) is 0 Å². The summed E-state index contributed by atoms with van der Waals surface area (Å²) < 4.78 is 6.00. The number of ether oxygens (including phenoxy) is 1. The maximum absolute atomic E-state index is 12.8. The molecule has 43 heavy (non-hydrogen) atoms. The van der Waals surface area contributed by atoms with Gasteiger partial charge in [-0.1, -0.05) is 65.5 Å². The van der Waals surface area contributed by atoms with Crippen molar-refractivity contribution < 1.29 is 14.3 Å². The van der Waals surface area contributed by atoms with Gasteiger partial charge in [0.15, 0.2) is 0 Å². The highest BCUT2D eigenvalue weighted by molar-refractivity contribution is 5.81. The van der Waals surface area contributed by atoms with Gasteiger partial charge in [0.25, 0.3) is 0 Å². The monoisotopic (exact) mass is 600 g/mol. The molecule has 3 saturated carbocycles. The Bertz CT molecular complexity index is 957. The van der Waals surface area contributed by atoms with Crippen LogP contribution >= 0.6 is 0 Å². The highest BCUT2D eigenvalue weighted by Gasteiger charge is 2.59. The third kappa shape index (κ3) is 7.88. The minimum absolute atomic E-state index is 0.000461. The maximum Gasteiger partial charge on any atom is 0.306 e. The van der Waals surface area contributed by atoms with Gasteiger partial charge in [-0.25, -0.2) is 0 Å². The number of esters is 1. The summed E-state index contributed by atoms with van der Waals surface area (Å²) in [7, 11) is 0. The molecule has 0 bridgehead atoms. The molecule has 0 aliphatic heterocycles. The SMILES string of the molecule is CC(C)CCC[C@@H](C)[C@H]1CC[C@H]2[C@@H]3CC=C4C[C@@H](OC(=O)CCC(=O)N(CCCN)CCCN)CC[C@]4(C)C3CC[C@]12C. The molecular weight excluding hydrogens is 534 g/mol. The number of hydrogen-bond acceptors (Lipinski definition) is 5. The molecule has 1 unspecified atom stereocenters. The first-order valence-electron chi connectivity index (χ1n) is 18.1. The Morgan fingerprint density at radius 2 is 1.65 bits per heavy atom. The minimum Gasteiger partial charge on any atom is -0.462 e. The number of carbonyl (C=O) groups excluding carboxylic acids is 2. The minimum atomic E-state index is -0.234. The molecule has 4 rings (SSSR count).